The maximum Gasteiger partial charge on any atom is 0.397 e. The summed E-state index contributed by atoms with van der Waals surface area (Å²) in [6.45, 7) is 6.01. The molecule has 4 aliphatic carbocycles. The fourth-order valence-electron chi connectivity index (χ4n) is 7.50. The van der Waals surface area contributed by atoms with Crippen molar-refractivity contribution in [2.45, 2.75) is 83.8 Å². The van der Waals surface area contributed by atoms with E-state index in [9.17, 15) is 18.3 Å². The largest absolute Gasteiger partial charge is 0.397 e. The summed E-state index contributed by atoms with van der Waals surface area (Å²) < 4.78 is 36.1. The predicted octanol–water partition coefficient (Wildman–Crippen LogP) is 3.46. The molecule has 28 heavy (non-hydrogen) atoms. The molecule has 0 aromatic heterocycles. The Bertz CT molecular complexity index is 819. The van der Waals surface area contributed by atoms with Crippen LogP contribution in [0.2, 0.25) is 0 Å². The van der Waals surface area contributed by atoms with Gasteiger partial charge >= 0.3 is 10.4 Å². The summed E-state index contributed by atoms with van der Waals surface area (Å²) in [5.41, 5.74) is -0.0682. The molecule has 0 aromatic carbocycles. The zero-order chi connectivity index (χ0) is 20.5. The fourth-order valence-corrected chi connectivity index (χ4v) is 8.01. The Labute approximate surface area is 167 Å². The number of Topliss-reactive ketones (excluding diaryl/α,β-unsaturated/α-hetero) is 1. The quantitative estimate of drug-likeness (QED) is 0.544. The lowest BCUT2D eigenvalue weighted by molar-refractivity contribution is -0.181. The van der Waals surface area contributed by atoms with Crippen LogP contribution in [0.4, 0.5) is 0 Å². The first-order valence-electron chi connectivity index (χ1n) is 10.5. The Hall–Kier alpha value is -0.760. The molecule has 4 aliphatic rings. The van der Waals surface area contributed by atoms with Gasteiger partial charge in [-0.3, -0.25) is 9.35 Å². The molecule has 0 unspecified atom stereocenters. The Kier molecular flexibility index (Phi) is 4.66. The summed E-state index contributed by atoms with van der Waals surface area (Å²) in [5.74, 6) is 0.583. The highest BCUT2D eigenvalue weighted by molar-refractivity contribution is 7.80. The molecule has 0 bridgehead atoms. The normalized spacial score (nSPS) is 48.2. The number of allylic oxidation sites excluding steroid dienone is 1. The van der Waals surface area contributed by atoms with Crippen LogP contribution < -0.4 is 0 Å². The highest BCUT2D eigenvalue weighted by atomic mass is 32.3. The van der Waals surface area contributed by atoms with Crippen molar-refractivity contribution < 1.29 is 27.1 Å². The molecule has 0 saturated heterocycles. The Balaban J connectivity index is 1.63. The van der Waals surface area contributed by atoms with Crippen LogP contribution in [0.25, 0.3) is 0 Å². The average Bonchev–Trinajstić information content (AvgIpc) is 2.86. The van der Waals surface area contributed by atoms with Gasteiger partial charge in [-0.1, -0.05) is 25.5 Å². The van der Waals surface area contributed by atoms with E-state index in [1.54, 1.807) is 6.92 Å². The van der Waals surface area contributed by atoms with Crippen LogP contribution in [0, 0.1) is 28.6 Å². The van der Waals surface area contributed by atoms with Crippen molar-refractivity contribution in [2.24, 2.45) is 28.6 Å². The van der Waals surface area contributed by atoms with Crippen LogP contribution in [0.15, 0.2) is 11.6 Å². The van der Waals surface area contributed by atoms with Gasteiger partial charge in [-0.25, -0.2) is 4.18 Å². The van der Waals surface area contributed by atoms with Crippen LogP contribution in [-0.4, -0.2) is 35.6 Å². The van der Waals surface area contributed by atoms with Gasteiger partial charge in [0.05, 0.1) is 11.7 Å². The zero-order valence-electron chi connectivity index (χ0n) is 17.0. The minimum Gasteiger partial charge on any atom is -0.389 e. The van der Waals surface area contributed by atoms with Gasteiger partial charge in [-0.15, -0.1) is 0 Å². The minimum absolute atomic E-state index is 0.0597. The first-order valence-corrected chi connectivity index (χ1v) is 11.9. The molecule has 6 nitrogen and oxygen atoms in total. The summed E-state index contributed by atoms with van der Waals surface area (Å²) in [4.78, 5) is 12.2. The minimum atomic E-state index is -4.45. The van der Waals surface area contributed by atoms with E-state index in [1.807, 2.05) is 0 Å². The van der Waals surface area contributed by atoms with Crippen LogP contribution in [0.1, 0.15) is 72.1 Å². The number of hydrogen-bond acceptors (Lipinski definition) is 5. The molecular weight excluding hydrogens is 380 g/mol. The molecule has 7 heteroatoms. The van der Waals surface area contributed by atoms with Crippen LogP contribution in [-0.2, 0) is 19.4 Å². The molecule has 4 rings (SSSR count). The molecule has 3 saturated carbocycles. The third-order valence-electron chi connectivity index (χ3n) is 9.00. The van der Waals surface area contributed by atoms with Gasteiger partial charge in [-0.2, -0.15) is 8.42 Å². The summed E-state index contributed by atoms with van der Waals surface area (Å²) in [6, 6.07) is 0. The first-order chi connectivity index (χ1) is 12.9. The standard InChI is InChI=1S/C21H32O6S/c1-13(22)16-8-11-21(23)18-5-4-14-12-15(27-28(24,25)26)6-9-19(14,2)17(18)7-10-20(16,21)3/h4,15-18,23H,5-12H2,1-3H3,(H,24,25,26)/t15-,16-,17-,18+,19-,20+,21-/m0/s1. The fraction of sp³-hybridized carbons (Fsp3) is 0.857. The zero-order valence-corrected chi connectivity index (χ0v) is 17.8. The van der Waals surface area contributed by atoms with Crippen molar-refractivity contribution in [1.82, 2.24) is 0 Å². The van der Waals surface area contributed by atoms with E-state index in [0.717, 1.165) is 32.1 Å². The second kappa shape index (κ2) is 6.37. The summed E-state index contributed by atoms with van der Waals surface area (Å²) in [5, 5.41) is 11.9. The number of aliphatic hydroxyl groups is 1. The van der Waals surface area contributed by atoms with E-state index in [-0.39, 0.29) is 28.4 Å². The Morgan fingerprint density at radius 1 is 1.14 bits per heavy atom. The van der Waals surface area contributed by atoms with Crippen molar-refractivity contribution in [3.8, 4) is 0 Å². The molecule has 158 valence electrons. The number of carbonyl (C=O) groups is 1. The number of hydrogen-bond donors (Lipinski definition) is 2. The predicted molar refractivity (Wildman–Crippen MR) is 104 cm³/mol. The molecule has 0 aromatic rings. The second-order valence-electron chi connectivity index (χ2n) is 10.1. The first kappa shape index (κ1) is 20.5. The molecular formula is C21H32O6S. The molecule has 2 N–H and O–H groups in total. The Morgan fingerprint density at radius 2 is 1.86 bits per heavy atom. The Morgan fingerprint density at radius 3 is 2.50 bits per heavy atom. The second-order valence-corrected chi connectivity index (χ2v) is 11.1. The van der Waals surface area contributed by atoms with Crippen molar-refractivity contribution >= 4 is 16.2 Å². The third kappa shape index (κ3) is 2.84. The van der Waals surface area contributed by atoms with Crippen molar-refractivity contribution in [3.05, 3.63) is 11.6 Å². The van der Waals surface area contributed by atoms with Crippen LogP contribution in [0.5, 0.6) is 0 Å². The van der Waals surface area contributed by atoms with Crippen molar-refractivity contribution in [2.75, 3.05) is 0 Å². The number of ketones is 1. The highest BCUT2D eigenvalue weighted by Crippen LogP contribution is 2.68. The van der Waals surface area contributed by atoms with E-state index in [4.69, 9.17) is 8.74 Å². The monoisotopic (exact) mass is 412 g/mol. The summed E-state index contributed by atoms with van der Waals surface area (Å²) in [7, 11) is -4.45. The lowest BCUT2D eigenvalue weighted by Gasteiger charge is -2.61. The van der Waals surface area contributed by atoms with E-state index in [0.29, 0.717) is 25.2 Å². The SMILES string of the molecule is CC(=O)[C@@H]1CC[C@]2(O)[C@@H]3CC=C4C[C@@H](OS(=O)(=O)O)CC[C@]4(C)[C@H]3CC[C@]12C. The van der Waals surface area contributed by atoms with Gasteiger partial charge in [0.15, 0.2) is 0 Å². The van der Waals surface area contributed by atoms with Gasteiger partial charge < -0.3 is 5.11 Å². The van der Waals surface area contributed by atoms with Crippen molar-refractivity contribution in [1.29, 1.82) is 0 Å². The van der Waals surface area contributed by atoms with E-state index in [2.05, 4.69) is 19.9 Å². The number of carbonyl (C=O) groups excluding carboxylic acids is 1. The van der Waals surface area contributed by atoms with E-state index in [1.165, 1.54) is 5.57 Å². The third-order valence-corrected chi connectivity index (χ3v) is 9.51. The molecule has 0 aliphatic heterocycles. The molecule has 0 heterocycles. The summed E-state index contributed by atoms with van der Waals surface area (Å²) in [6.07, 6.45) is 7.55. The van der Waals surface area contributed by atoms with Gasteiger partial charge in [0, 0.05) is 11.3 Å². The topological polar surface area (TPSA) is 101 Å². The summed E-state index contributed by atoms with van der Waals surface area (Å²) >= 11 is 0. The van der Waals surface area contributed by atoms with Gasteiger partial charge in [-0.05, 0) is 75.5 Å². The van der Waals surface area contributed by atoms with Crippen LogP contribution in [0.3, 0.4) is 0 Å². The van der Waals surface area contributed by atoms with Crippen LogP contribution >= 0.6 is 0 Å². The van der Waals surface area contributed by atoms with E-state index < -0.39 is 22.1 Å². The van der Waals surface area contributed by atoms with Crippen molar-refractivity contribution in [3.63, 3.8) is 0 Å². The molecule has 0 amide bonds. The lowest BCUT2D eigenvalue weighted by atomic mass is 9.45. The smallest absolute Gasteiger partial charge is 0.389 e. The maximum atomic E-state index is 12.2. The van der Waals surface area contributed by atoms with Gasteiger partial charge in [0.2, 0.25) is 0 Å². The van der Waals surface area contributed by atoms with Gasteiger partial charge in [0.1, 0.15) is 5.78 Å². The highest BCUT2D eigenvalue weighted by Gasteiger charge is 2.66. The lowest BCUT2D eigenvalue weighted by Crippen LogP contribution is -2.61. The molecule has 3 fully saturated rings. The number of fused-ring (bicyclic) bond motifs is 5. The number of rotatable bonds is 3. The maximum absolute atomic E-state index is 12.2. The molecule has 0 radical (unpaired) electrons. The van der Waals surface area contributed by atoms with Gasteiger partial charge in [0.25, 0.3) is 0 Å². The molecule has 7 atom stereocenters. The van der Waals surface area contributed by atoms with E-state index >= 15 is 0 Å². The molecule has 0 spiro atoms. The average molecular weight is 413 g/mol.